The summed E-state index contributed by atoms with van der Waals surface area (Å²) < 4.78 is 5.37. The Kier molecular flexibility index (Phi) is 4.09. The molecule has 2 rings (SSSR count). The van der Waals surface area contributed by atoms with Gasteiger partial charge in [-0.15, -0.1) is 0 Å². The van der Waals surface area contributed by atoms with E-state index < -0.39 is 4.92 Å². The molecule has 2 aromatic rings. The highest BCUT2D eigenvalue weighted by molar-refractivity contribution is 6.37. The normalized spacial score (nSPS) is 10.3. The summed E-state index contributed by atoms with van der Waals surface area (Å²) in [5.41, 5.74) is -0.216. The smallest absolute Gasteiger partial charge is 0.272 e. The maximum absolute atomic E-state index is 10.6. The monoisotopic (exact) mass is 318 g/mol. The molecule has 0 amide bonds. The van der Waals surface area contributed by atoms with E-state index in [0.29, 0.717) is 5.02 Å². The maximum atomic E-state index is 10.6. The van der Waals surface area contributed by atoms with Gasteiger partial charge >= 0.3 is 0 Å². The van der Waals surface area contributed by atoms with Gasteiger partial charge in [0.2, 0.25) is 5.88 Å². The summed E-state index contributed by atoms with van der Waals surface area (Å²) in [6.07, 6.45) is 1.39. The van der Waals surface area contributed by atoms with Crippen molar-refractivity contribution in [2.24, 2.45) is 0 Å². The van der Waals surface area contributed by atoms with Crippen LogP contribution < -0.4 is 4.74 Å². The van der Waals surface area contributed by atoms with Gasteiger partial charge in [-0.1, -0.05) is 34.8 Å². The second-order valence-corrected chi connectivity index (χ2v) is 4.66. The number of pyridine rings is 1. The van der Waals surface area contributed by atoms with Crippen LogP contribution in [0.15, 0.2) is 30.5 Å². The van der Waals surface area contributed by atoms with E-state index in [1.54, 1.807) is 6.07 Å². The van der Waals surface area contributed by atoms with Crippen LogP contribution in [0.25, 0.3) is 0 Å². The molecule has 0 bridgehead atoms. The average molecular weight is 320 g/mol. The highest BCUT2D eigenvalue weighted by atomic mass is 35.5. The zero-order chi connectivity index (χ0) is 14.0. The van der Waals surface area contributed by atoms with Crippen LogP contribution in [0, 0.1) is 10.1 Å². The van der Waals surface area contributed by atoms with E-state index in [1.807, 2.05) is 0 Å². The first-order valence-corrected chi connectivity index (χ1v) is 6.03. The third-order valence-electron chi connectivity index (χ3n) is 2.10. The Labute approximate surface area is 122 Å². The molecule has 8 heteroatoms. The van der Waals surface area contributed by atoms with Crippen LogP contribution in [0.4, 0.5) is 5.69 Å². The number of nitro groups is 1. The Morgan fingerprint density at radius 3 is 2.26 bits per heavy atom. The van der Waals surface area contributed by atoms with Crippen molar-refractivity contribution < 1.29 is 9.66 Å². The fourth-order valence-electron chi connectivity index (χ4n) is 1.28. The second-order valence-electron chi connectivity index (χ2n) is 3.41. The van der Waals surface area contributed by atoms with Gasteiger partial charge in [0.25, 0.3) is 5.69 Å². The Morgan fingerprint density at radius 1 is 1.16 bits per heavy atom. The summed E-state index contributed by atoms with van der Waals surface area (Å²) in [7, 11) is 0. The number of benzene rings is 1. The fraction of sp³-hybridized carbons (Fsp3) is 0. The van der Waals surface area contributed by atoms with Crippen LogP contribution in [0.3, 0.4) is 0 Å². The molecule has 98 valence electrons. The zero-order valence-corrected chi connectivity index (χ0v) is 11.4. The van der Waals surface area contributed by atoms with E-state index in [-0.39, 0.29) is 27.4 Å². The van der Waals surface area contributed by atoms with Gasteiger partial charge in [0.1, 0.15) is 0 Å². The summed E-state index contributed by atoms with van der Waals surface area (Å²) in [6, 6.07) is 5.41. The lowest BCUT2D eigenvalue weighted by atomic mass is 10.3. The van der Waals surface area contributed by atoms with Gasteiger partial charge in [0.15, 0.2) is 5.75 Å². The van der Waals surface area contributed by atoms with Gasteiger partial charge in [-0.05, 0) is 6.07 Å². The third-order valence-corrected chi connectivity index (χ3v) is 2.89. The van der Waals surface area contributed by atoms with E-state index in [9.17, 15) is 10.1 Å². The Balaban J connectivity index is 2.35. The predicted molar refractivity (Wildman–Crippen MR) is 72.4 cm³/mol. The third kappa shape index (κ3) is 3.26. The molecule has 0 saturated heterocycles. The van der Waals surface area contributed by atoms with Crippen LogP contribution in [0.5, 0.6) is 11.6 Å². The molecule has 0 aliphatic heterocycles. The first kappa shape index (κ1) is 13.9. The van der Waals surface area contributed by atoms with E-state index in [4.69, 9.17) is 39.5 Å². The molecule has 0 aliphatic rings. The Morgan fingerprint density at radius 2 is 1.79 bits per heavy atom. The van der Waals surface area contributed by atoms with Crippen molar-refractivity contribution in [3.05, 3.63) is 55.6 Å². The first-order chi connectivity index (χ1) is 8.97. The largest absolute Gasteiger partial charge is 0.436 e. The summed E-state index contributed by atoms with van der Waals surface area (Å²) in [5, 5.41) is 11.1. The highest BCUT2D eigenvalue weighted by Crippen LogP contribution is 2.38. The molecule has 19 heavy (non-hydrogen) atoms. The molecule has 0 fully saturated rings. The lowest BCUT2D eigenvalue weighted by Crippen LogP contribution is -1.92. The lowest BCUT2D eigenvalue weighted by molar-refractivity contribution is -0.384. The number of non-ortho nitro benzene ring substituents is 1. The molecule has 0 radical (unpaired) electrons. The first-order valence-electron chi connectivity index (χ1n) is 4.90. The number of ether oxygens (including phenoxy) is 1. The number of nitro benzene ring substituents is 1. The van der Waals surface area contributed by atoms with Crippen LogP contribution in [-0.4, -0.2) is 9.91 Å². The topological polar surface area (TPSA) is 65.3 Å². The number of aromatic nitrogens is 1. The number of halogens is 3. The molecule has 1 heterocycles. The molecule has 0 spiro atoms. The van der Waals surface area contributed by atoms with Crippen LogP contribution in [0.1, 0.15) is 0 Å². The Bertz CT molecular complexity index is 609. The fourth-order valence-corrected chi connectivity index (χ4v) is 1.94. The summed E-state index contributed by atoms with van der Waals surface area (Å²) in [4.78, 5) is 13.9. The van der Waals surface area contributed by atoms with Crippen molar-refractivity contribution in [3.63, 3.8) is 0 Å². The van der Waals surface area contributed by atoms with E-state index in [1.165, 1.54) is 12.3 Å². The van der Waals surface area contributed by atoms with Crippen LogP contribution >= 0.6 is 34.8 Å². The summed E-state index contributed by atoms with van der Waals surface area (Å²) in [5.74, 6) is 0.325. The van der Waals surface area contributed by atoms with E-state index in [0.717, 1.165) is 12.1 Å². The second kappa shape index (κ2) is 5.61. The minimum Gasteiger partial charge on any atom is -0.436 e. The van der Waals surface area contributed by atoms with E-state index >= 15 is 0 Å². The minimum absolute atomic E-state index is 0.0240. The SMILES string of the molecule is O=[N+]([O-])c1cc(Cl)c(Oc2ccc(Cl)cn2)c(Cl)c1. The minimum atomic E-state index is -0.595. The van der Waals surface area contributed by atoms with Crippen molar-refractivity contribution in [1.29, 1.82) is 0 Å². The molecule has 0 saturated carbocycles. The number of hydrogen-bond donors (Lipinski definition) is 0. The van der Waals surface area contributed by atoms with Crippen LogP contribution in [-0.2, 0) is 0 Å². The lowest BCUT2D eigenvalue weighted by Gasteiger charge is -2.08. The van der Waals surface area contributed by atoms with Gasteiger partial charge in [-0.3, -0.25) is 10.1 Å². The van der Waals surface area contributed by atoms with Gasteiger partial charge < -0.3 is 4.74 Å². The summed E-state index contributed by atoms with van der Waals surface area (Å²) in [6.45, 7) is 0. The van der Waals surface area contributed by atoms with Gasteiger partial charge in [-0.25, -0.2) is 4.98 Å². The predicted octanol–water partition coefficient (Wildman–Crippen LogP) is 4.74. The van der Waals surface area contributed by atoms with Crippen molar-refractivity contribution in [1.82, 2.24) is 4.98 Å². The number of rotatable bonds is 3. The molecular weight excluding hydrogens is 314 g/mol. The standard InChI is InChI=1S/C11H5Cl3N2O3/c12-6-1-2-10(15-5-6)19-11-8(13)3-7(16(17)18)4-9(11)14/h1-5H. The molecule has 0 aliphatic carbocycles. The van der Waals surface area contributed by atoms with Crippen molar-refractivity contribution >= 4 is 40.5 Å². The molecule has 0 atom stereocenters. The van der Waals surface area contributed by atoms with Gasteiger partial charge in [0, 0.05) is 24.4 Å². The highest BCUT2D eigenvalue weighted by Gasteiger charge is 2.16. The molecule has 0 unspecified atom stereocenters. The number of nitrogens with zero attached hydrogens (tertiary/aromatic N) is 2. The van der Waals surface area contributed by atoms with Crippen molar-refractivity contribution in [3.8, 4) is 11.6 Å². The maximum Gasteiger partial charge on any atom is 0.272 e. The number of hydrogen-bond acceptors (Lipinski definition) is 4. The van der Waals surface area contributed by atoms with Crippen molar-refractivity contribution in [2.45, 2.75) is 0 Å². The summed E-state index contributed by atoms with van der Waals surface area (Å²) >= 11 is 17.5. The quantitative estimate of drug-likeness (QED) is 0.605. The molecule has 1 aromatic carbocycles. The van der Waals surface area contributed by atoms with Gasteiger partial charge in [-0.2, -0.15) is 0 Å². The van der Waals surface area contributed by atoms with E-state index in [2.05, 4.69) is 4.98 Å². The molecular formula is C11H5Cl3N2O3. The zero-order valence-electron chi connectivity index (χ0n) is 9.14. The Hall–Kier alpha value is -1.56. The van der Waals surface area contributed by atoms with Gasteiger partial charge in [0.05, 0.1) is 20.0 Å². The van der Waals surface area contributed by atoms with Crippen molar-refractivity contribution in [2.75, 3.05) is 0 Å². The molecule has 5 nitrogen and oxygen atoms in total. The average Bonchev–Trinajstić information content (AvgIpc) is 2.35. The molecule has 0 N–H and O–H groups in total. The van der Waals surface area contributed by atoms with Crippen LogP contribution in [0.2, 0.25) is 15.1 Å². The molecule has 1 aromatic heterocycles.